The zero-order valence-electron chi connectivity index (χ0n) is 14.1. The summed E-state index contributed by atoms with van der Waals surface area (Å²) in [5.41, 5.74) is 5.50. The van der Waals surface area contributed by atoms with Gasteiger partial charge in [-0.1, -0.05) is 18.2 Å². The molecule has 132 valence electrons. The van der Waals surface area contributed by atoms with Gasteiger partial charge in [-0.15, -0.1) is 22.7 Å². The first kappa shape index (κ1) is 17.0. The van der Waals surface area contributed by atoms with Crippen LogP contribution in [0.3, 0.4) is 0 Å². The van der Waals surface area contributed by atoms with Crippen LogP contribution in [0.25, 0.3) is 19.5 Å². The second kappa shape index (κ2) is 7.41. The summed E-state index contributed by atoms with van der Waals surface area (Å²) < 4.78 is 9.57. The number of thiophene rings is 2. The fourth-order valence-electron chi connectivity index (χ4n) is 3.32. The number of ether oxygens (including phenoxy) is 1. The van der Waals surface area contributed by atoms with E-state index in [1.54, 1.807) is 22.7 Å². The van der Waals surface area contributed by atoms with Crippen LogP contribution in [0.4, 0.5) is 0 Å². The van der Waals surface area contributed by atoms with E-state index in [2.05, 4.69) is 30.3 Å². The Hall–Kier alpha value is -1.47. The normalized spacial score (nSPS) is 16.1. The highest BCUT2D eigenvalue weighted by Gasteiger charge is 2.25. The molecule has 1 aromatic carbocycles. The average molecular weight is 375 g/mol. The first-order chi connectivity index (χ1) is 12.3. The molecule has 0 radical (unpaired) electrons. The van der Waals surface area contributed by atoms with Gasteiger partial charge in [-0.25, -0.2) is 0 Å². The number of piperidine rings is 1. The van der Waals surface area contributed by atoms with Crippen LogP contribution in [0.15, 0.2) is 30.3 Å². The van der Waals surface area contributed by atoms with Gasteiger partial charge in [-0.2, -0.15) is 0 Å². The molecule has 0 unspecified atom stereocenters. The third-order valence-corrected chi connectivity index (χ3v) is 7.09. The Balaban J connectivity index is 1.44. The van der Waals surface area contributed by atoms with Crippen LogP contribution in [0.2, 0.25) is 0 Å². The molecular weight excluding hydrogens is 352 g/mol. The third kappa shape index (κ3) is 3.44. The van der Waals surface area contributed by atoms with Gasteiger partial charge in [0.1, 0.15) is 0 Å². The van der Waals surface area contributed by atoms with Crippen LogP contribution in [0.5, 0.6) is 0 Å². The Morgan fingerprint density at radius 2 is 2.00 bits per heavy atom. The lowest BCUT2D eigenvalue weighted by molar-refractivity contribution is 0.00858. The van der Waals surface area contributed by atoms with Crippen LogP contribution in [-0.2, 0) is 4.74 Å². The maximum atomic E-state index is 12.9. The lowest BCUT2D eigenvalue weighted by Crippen LogP contribution is -2.40. The van der Waals surface area contributed by atoms with Gasteiger partial charge in [0.05, 0.1) is 15.7 Å². The Labute approximate surface area is 155 Å². The molecule has 0 atom stereocenters. The molecule has 0 aliphatic carbocycles. The van der Waals surface area contributed by atoms with Crippen LogP contribution in [0, 0.1) is 0 Å². The average Bonchev–Trinajstić information content (AvgIpc) is 3.20. The van der Waals surface area contributed by atoms with Gasteiger partial charge in [-0.05, 0) is 37.9 Å². The molecule has 2 aromatic heterocycles. The van der Waals surface area contributed by atoms with Crippen molar-refractivity contribution in [3.05, 3.63) is 35.2 Å². The van der Waals surface area contributed by atoms with Crippen molar-refractivity contribution >= 4 is 48.1 Å². The van der Waals surface area contributed by atoms with Crippen molar-refractivity contribution in [1.82, 2.24) is 4.90 Å². The van der Waals surface area contributed by atoms with E-state index in [1.165, 1.54) is 19.5 Å². The Morgan fingerprint density at radius 1 is 1.20 bits per heavy atom. The van der Waals surface area contributed by atoms with Gasteiger partial charge in [-0.3, -0.25) is 4.79 Å². The van der Waals surface area contributed by atoms with Crippen LogP contribution in [-0.4, -0.2) is 43.2 Å². The predicted octanol–water partition coefficient (Wildman–Crippen LogP) is 4.09. The monoisotopic (exact) mass is 374 g/mol. The number of carbonyl (C=O) groups is 1. The van der Waals surface area contributed by atoms with Crippen molar-refractivity contribution in [1.29, 1.82) is 0 Å². The minimum absolute atomic E-state index is 0.165. The molecule has 1 aliphatic heterocycles. The number of nitrogens with two attached hydrogens (primary N) is 1. The Kier molecular flexibility index (Phi) is 5.03. The summed E-state index contributed by atoms with van der Waals surface area (Å²) in [6.45, 7) is 2.95. The molecule has 1 fully saturated rings. The minimum Gasteiger partial charge on any atom is -0.378 e. The lowest BCUT2D eigenvalue weighted by Gasteiger charge is -2.31. The maximum absolute atomic E-state index is 12.9. The van der Waals surface area contributed by atoms with E-state index in [1.807, 2.05) is 4.90 Å². The standard InChI is InChI=1S/C19H22N2O2S2/c20-8-3-11-23-13-6-9-21(10-7-13)19(22)17-12-16-18(25-17)14-4-1-2-5-15(14)24-16/h1-2,4-5,12-13H,3,6-11,20H2. The molecule has 0 spiro atoms. The fraction of sp³-hybridized carbons (Fsp3) is 0.421. The molecular formula is C19H22N2O2S2. The van der Waals surface area contributed by atoms with Gasteiger partial charge in [0.25, 0.3) is 5.91 Å². The van der Waals surface area contributed by atoms with Gasteiger partial charge in [0, 0.05) is 34.5 Å². The van der Waals surface area contributed by atoms with Crippen LogP contribution in [0.1, 0.15) is 28.9 Å². The zero-order valence-corrected chi connectivity index (χ0v) is 15.7. The van der Waals surface area contributed by atoms with E-state index in [4.69, 9.17) is 10.5 Å². The number of fused-ring (bicyclic) bond motifs is 3. The predicted molar refractivity (Wildman–Crippen MR) is 106 cm³/mol. The van der Waals surface area contributed by atoms with E-state index in [0.29, 0.717) is 6.54 Å². The molecule has 1 amide bonds. The summed E-state index contributed by atoms with van der Waals surface area (Å²) in [4.78, 5) is 15.7. The number of rotatable bonds is 5. The van der Waals surface area contributed by atoms with Crippen molar-refractivity contribution in [3.8, 4) is 0 Å². The van der Waals surface area contributed by atoms with Crippen molar-refractivity contribution in [2.24, 2.45) is 5.73 Å². The molecule has 0 bridgehead atoms. The van der Waals surface area contributed by atoms with Crippen molar-refractivity contribution in [2.45, 2.75) is 25.4 Å². The van der Waals surface area contributed by atoms with Crippen LogP contribution >= 0.6 is 22.7 Å². The molecule has 2 N–H and O–H groups in total. The topological polar surface area (TPSA) is 55.6 Å². The van der Waals surface area contributed by atoms with E-state index >= 15 is 0 Å². The van der Waals surface area contributed by atoms with Crippen LogP contribution < -0.4 is 5.73 Å². The highest BCUT2D eigenvalue weighted by Crippen LogP contribution is 2.39. The molecule has 1 saturated heterocycles. The van der Waals surface area contributed by atoms with Gasteiger partial charge in [0.15, 0.2) is 0 Å². The van der Waals surface area contributed by atoms with E-state index in [0.717, 1.165) is 43.8 Å². The number of hydrogen-bond acceptors (Lipinski definition) is 5. The summed E-state index contributed by atoms with van der Waals surface area (Å²) in [5, 5.41) is 1.26. The number of benzene rings is 1. The smallest absolute Gasteiger partial charge is 0.263 e. The fourth-order valence-corrected chi connectivity index (χ4v) is 5.81. The molecule has 0 saturated carbocycles. The number of carbonyl (C=O) groups excluding carboxylic acids is 1. The van der Waals surface area contributed by atoms with Crippen molar-refractivity contribution < 1.29 is 9.53 Å². The highest BCUT2D eigenvalue weighted by molar-refractivity contribution is 7.33. The minimum atomic E-state index is 0.165. The largest absolute Gasteiger partial charge is 0.378 e. The van der Waals surface area contributed by atoms with E-state index in [9.17, 15) is 4.79 Å². The lowest BCUT2D eigenvalue weighted by atomic mass is 10.1. The van der Waals surface area contributed by atoms with Crippen molar-refractivity contribution in [2.75, 3.05) is 26.2 Å². The number of hydrogen-bond donors (Lipinski definition) is 1. The molecule has 1 aliphatic rings. The second-order valence-corrected chi connectivity index (χ2v) is 8.54. The molecule has 25 heavy (non-hydrogen) atoms. The SMILES string of the molecule is NCCCOC1CCN(C(=O)c2cc3sc4ccccc4c3s2)CC1. The Morgan fingerprint density at radius 3 is 2.80 bits per heavy atom. The molecule has 6 heteroatoms. The zero-order chi connectivity index (χ0) is 17.2. The first-order valence-electron chi connectivity index (χ1n) is 8.78. The summed E-state index contributed by atoms with van der Waals surface area (Å²) in [5.74, 6) is 0.165. The summed E-state index contributed by atoms with van der Waals surface area (Å²) in [6.07, 6.45) is 3.00. The second-order valence-electron chi connectivity index (χ2n) is 6.41. The summed E-state index contributed by atoms with van der Waals surface area (Å²) >= 11 is 3.39. The first-order valence-corrected chi connectivity index (χ1v) is 10.4. The maximum Gasteiger partial charge on any atom is 0.263 e. The molecule has 3 aromatic rings. The van der Waals surface area contributed by atoms with Gasteiger partial charge < -0.3 is 15.4 Å². The summed E-state index contributed by atoms with van der Waals surface area (Å²) in [6, 6.07) is 10.5. The van der Waals surface area contributed by atoms with E-state index < -0.39 is 0 Å². The summed E-state index contributed by atoms with van der Waals surface area (Å²) in [7, 11) is 0. The van der Waals surface area contributed by atoms with Gasteiger partial charge >= 0.3 is 0 Å². The van der Waals surface area contributed by atoms with Gasteiger partial charge in [0.2, 0.25) is 0 Å². The van der Waals surface area contributed by atoms with E-state index in [-0.39, 0.29) is 12.0 Å². The Bertz CT molecular complexity index is 878. The molecule has 4 nitrogen and oxygen atoms in total. The quantitative estimate of drug-likeness (QED) is 0.685. The highest BCUT2D eigenvalue weighted by atomic mass is 32.1. The number of nitrogens with zero attached hydrogens (tertiary/aromatic N) is 1. The molecule has 3 heterocycles. The number of likely N-dealkylation sites (tertiary alicyclic amines) is 1. The molecule has 4 rings (SSSR count). The third-order valence-electron chi connectivity index (χ3n) is 4.69. The van der Waals surface area contributed by atoms with Crippen molar-refractivity contribution in [3.63, 3.8) is 0 Å². The number of amides is 1.